The molecular formula is C10H16BrNO2. The highest BCUT2D eigenvalue weighted by Gasteiger charge is 2.23. The molecule has 2 atom stereocenters. The van der Waals surface area contributed by atoms with Crippen molar-refractivity contribution in [2.45, 2.75) is 25.9 Å². The molecule has 0 saturated carbocycles. The molecule has 2 unspecified atom stereocenters. The van der Waals surface area contributed by atoms with E-state index in [1.54, 1.807) is 12.3 Å². The minimum absolute atomic E-state index is 0.0717. The van der Waals surface area contributed by atoms with E-state index in [9.17, 15) is 5.11 Å². The summed E-state index contributed by atoms with van der Waals surface area (Å²) in [5.74, 6) is 0.649. The second kappa shape index (κ2) is 5.53. The lowest BCUT2D eigenvalue weighted by Crippen LogP contribution is -2.21. The molecule has 4 heteroatoms. The molecule has 0 saturated heterocycles. The average Bonchev–Trinajstić information content (AvgIpc) is 2.59. The number of furan rings is 1. The molecule has 1 heterocycles. The van der Waals surface area contributed by atoms with Gasteiger partial charge in [-0.2, -0.15) is 0 Å². The highest BCUT2D eigenvalue weighted by Crippen LogP contribution is 2.31. The molecule has 1 rings (SSSR count). The number of nitrogens with two attached hydrogens (primary N) is 1. The Labute approximate surface area is 92.4 Å². The molecule has 80 valence electrons. The molecule has 0 aromatic carbocycles. The van der Waals surface area contributed by atoms with Crippen molar-refractivity contribution >= 4 is 15.9 Å². The van der Waals surface area contributed by atoms with E-state index < -0.39 is 6.10 Å². The van der Waals surface area contributed by atoms with Crippen LogP contribution in [-0.4, -0.2) is 11.7 Å². The SMILES string of the molecule is CCCC(CN)C(O)c1occc1Br. The predicted molar refractivity (Wildman–Crippen MR) is 58.8 cm³/mol. The molecular weight excluding hydrogens is 246 g/mol. The van der Waals surface area contributed by atoms with Gasteiger partial charge in [0.15, 0.2) is 0 Å². The number of aliphatic hydroxyl groups excluding tert-OH is 1. The van der Waals surface area contributed by atoms with Crippen LogP contribution in [0.25, 0.3) is 0 Å². The Morgan fingerprint density at radius 1 is 1.64 bits per heavy atom. The Bertz CT molecular complexity index is 275. The van der Waals surface area contributed by atoms with E-state index in [4.69, 9.17) is 10.2 Å². The van der Waals surface area contributed by atoms with Crippen molar-refractivity contribution in [1.29, 1.82) is 0 Å². The van der Waals surface area contributed by atoms with E-state index in [1.807, 2.05) is 0 Å². The summed E-state index contributed by atoms with van der Waals surface area (Å²) in [5, 5.41) is 9.98. The fourth-order valence-electron chi connectivity index (χ4n) is 1.51. The zero-order valence-electron chi connectivity index (χ0n) is 8.24. The summed E-state index contributed by atoms with van der Waals surface area (Å²) in [7, 11) is 0. The molecule has 3 N–H and O–H groups in total. The lowest BCUT2D eigenvalue weighted by Gasteiger charge is -2.19. The van der Waals surface area contributed by atoms with Gasteiger partial charge >= 0.3 is 0 Å². The quantitative estimate of drug-likeness (QED) is 0.856. The summed E-state index contributed by atoms with van der Waals surface area (Å²) in [6.45, 7) is 2.55. The van der Waals surface area contributed by atoms with Gasteiger partial charge in [-0.3, -0.25) is 0 Å². The van der Waals surface area contributed by atoms with Crippen LogP contribution in [0.3, 0.4) is 0 Å². The Morgan fingerprint density at radius 2 is 2.36 bits per heavy atom. The monoisotopic (exact) mass is 261 g/mol. The van der Waals surface area contributed by atoms with Gasteiger partial charge in [0.25, 0.3) is 0 Å². The highest BCUT2D eigenvalue weighted by molar-refractivity contribution is 9.10. The van der Waals surface area contributed by atoms with Gasteiger partial charge in [-0.1, -0.05) is 13.3 Å². The molecule has 0 bridgehead atoms. The van der Waals surface area contributed by atoms with Crippen molar-refractivity contribution in [3.8, 4) is 0 Å². The number of aliphatic hydroxyl groups is 1. The minimum Gasteiger partial charge on any atom is -0.465 e. The molecule has 0 aliphatic rings. The van der Waals surface area contributed by atoms with Gasteiger partial charge in [0, 0.05) is 5.92 Å². The van der Waals surface area contributed by atoms with Crippen molar-refractivity contribution in [3.63, 3.8) is 0 Å². The van der Waals surface area contributed by atoms with Crippen LogP contribution in [0.2, 0.25) is 0 Å². The summed E-state index contributed by atoms with van der Waals surface area (Å²) in [5.41, 5.74) is 5.60. The summed E-state index contributed by atoms with van der Waals surface area (Å²) in [6, 6.07) is 1.78. The zero-order chi connectivity index (χ0) is 10.6. The van der Waals surface area contributed by atoms with Crippen LogP contribution >= 0.6 is 15.9 Å². The third kappa shape index (κ3) is 2.59. The van der Waals surface area contributed by atoms with Crippen LogP contribution < -0.4 is 5.73 Å². The van der Waals surface area contributed by atoms with Crippen LogP contribution in [0.1, 0.15) is 31.6 Å². The Morgan fingerprint density at radius 3 is 2.79 bits per heavy atom. The molecule has 1 aromatic heterocycles. The van der Waals surface area contributed by atoms with Crippen LogP contribution in [-0.2, 0) is 0 Å². The standard InChI is InChI=1S/C10H16BrNO2/c1-2-3-7(6-12)9(13)10-8(11)4-5-14-10/h4-5,7,9,13H,2-3,6,12H2,1H3. The molecule has 0 fully saturated rings. The van der Waals surface area contributed by atoms with Crippen molar-refractivity contribution in [2.24, 2.45) is 11.7 Å². The van der Waals surface area contributed by atoms with Crippen molar-refractivity contribution in [1.82, 2.24) is 0 Å². The predicted octanol–water partition coefficient (Wildman–Crippen LogP) is 2.45. The van der Waals surface area contributed by atoms with Gasteiger partial charge in [-0.05, 0) is 35.0 Å². The third-order valence-electron chi connectivity index (χ3n) is 2.32. The summed E-state index contributed by atoms with van der Waals surface area (Å²) < 4.78 is 6.01. The molecule has 3 nitrogen and oxygen atoms in total. The van der Waals surface area contributed by atoms with Crippen molar-refractivity contribution < 1.29 is 9.52 Å². The van der Waals surface area contributed by atoms with E-state index in [-0.39, 0.29) is 5.92 Å². The van der Waals surface area contributed by atoms with E-state index in [1.165, 1.54) is 0 Å². The maximum absolute atomic E-state index is 9.98. The molecule has 0 aliphatic carbocycles. The van der Waals surface area contributed by atoms with Crippen LogP contribution in [0, 0.1) is 5.92 Å². The fraction of sp³-hybridized carbons (Fsp3) is 0.600. The molecule has 0 spiro atoms. The molecule has 0 radical (unpaired) electrons. The van der Waals surface area contributed by atoms with Gasteiger partial charge < -0.3 is 15.3 Å². The summed E-state index contributed by atoms with van der Waals surface area (Å²) in [6.07, 6.45) is 2.87. The lowest BCUT2D eigenvalue weighted by atomic mass is 9.96. The largest absolute Gasteiger partial charge is 0.465 e. The van der Waals surface area contributed by atoms with Crippen molar-refractivity contribution in [3.05, 3.63) is 22.6 Å². The van der Waals surface area contributed by atoms with Crippen molar-refractivity contribution in [2.75, 3.05) is 6.54 Å². The number of hydrogen-bond acceptors (Lipinski definition) is 3. The first kappa shape index (κ1) is 11.8. The van der Waals surface area contributed by atoms with E-state index >= 15 is 0 Å². The molecule has 0 aliphatic heterocycles. The topological polar surface area (TPSA) is 59.4 Å². The summed E-state index contributed by atoms with van der Waals surface area (Å²) >= 11 is 3.32. The van der Waals surface area contributed by atoms with Gasteiger partial charge in [0.2, 0.25) is 0 Å². The normalized spacial score (nSPS) is 15.4. The first-order valence-corrected chi connectivity index (χ1v) is 5.61. The number of rotatable bonds is 5. The highest BCUT2D eigenvalue weighted by atomic mass is 79.9. The molecule has 14 heavy (non-hydrogen) atoms. The van der Waals surface area contributed by atoms with Gasteiger partial charge in [-0.15, -0.1) is 0 Å². The zero-order valence-corrected chi connectivity index (χ0v) is 9.83. The third-order valence-corrected chi connectivity index (χ3v) is 2.98. The van der Waals surface area contributed by atoms with E-state index in [0.717, 1.165) is 17.3 Å². The first-order chi connectivity index (χ1) is 6.70. The van der Waals surface area contributed by atoms with E-state index in [0.29, 0.717) is 12.3 Å². The Kier molecular flexibility index (Phi) is 4.65. The maximum atomic E-state index is 9.98. The van der Waals surface area contributed by atoms with E-state index in [2.05, 4.69) is 22.9 Å². The van der Waals surface area contributed by atoms with Crippen LogP contribution in [0.15, 0.2) is 21.2 Å². The summed E-state index contributed by atoms with van der Waals surface area (Å²) in [4.78, 5) is 0. The second-order valence-electron chi connectivity index (χ2n) is 3.36. The smallest absolute Gasteiger partial charge is 0.146 e. The van der Waals surface area contributed by atoms with Gasteiger partial charge in [-0.25, -0.2) is 0 Å². The lowest BCUT2D eigenvalue weighted by molar-refractivity contribution is 0.0837. The van der Waals surface area contributed by atoms with Crippen LogP contribution in [0.5, 0.6) is 0 Å². The number of hydrogen-bond donors (Lipinski definition) is 2. The van der Waals surface area contributed by atoms with Gasteiger partial charge in [0.05, 0.1) is 10.7 Å². The molecule has 1 aromatic rings. The Hall–Kier alpha value is -0.320. The van der Waals surface area contributed by atoms with Crippen LogP contribution in [0.4, 0.5) is 0 Å². The molecule has 0 amide bonds. The van der Waals surface area contributed by atoms with Gasteiger partial charge in [0.1, 0.15) is 11.9 Å². The first-order valence-electron chi connectivity index (χ1n) is 4.81. The minimum atomic E-state index is -0.607. The fourth-order valence-corrected chi connectivity index (χ4v) is 1.94. The average molecular weight is 262 g/mol. The Balaban J connectivity index is 2.72. The maximum Gasteiger partial charge on any atom is 0.146 e. The second-order valence-corrected chi connectivity index (χ2v) is 4.22. The number of halogens is 1.